The summed E-state index contributed by atoms with van der Waals surface area (Å²) in [4.78, 5) is 24.9. The van der Waals surface area contributed by atoms with Gasteiger partial charge in [-0.25, -0.2) is 0 Å². The summed E-state index contributed by atoms with van der Waals surface area (Å²) in [6.07, 6.45) is 3.36. The van der Waals surface area contributed by atoms with Crippen molar-refractivity contribution < 1.29 is 19.4 Å². The van der Waals surface area contributed by atoms with Crippen molar-refractivity contribution in [3.63, 3.8) is 0 Å². The summed E-state index contributed by atoms with van der Waals surface area (Å²) in [6, 6.07) is 0. The van der Waals surface area contributed by atoms with E-state index >= 15 is 0 Å². The molecule has 0 spiro atoms. The Hall–Kier alpha value is -1.10. The SMILES string of the molecule is COC1(CC(=O)N2C[C@@H](C)[C@H](C(=O)O)C2)CCC1. The van der Waals surface area contributed by atoms with Gasteiger partial charge in [0.05, 0.1) is 17.9 Å². The molecule has 1 aliphatic heterocycles. The number of aliphatic carboxylic acids is 1. The van der Waals surface area contributed by atoms with Gasteiger partial charge in [0.1, 0.15) is 0 Å². The molecule has 2 rings (SSSR count). The molecule has 5 nitrogen and oxygen atoms in total. The second kappa shape index (κ2) is 4.88. The Balaban J connectivity index is 1.93. The van der Waals surface area contributed by atoms with Crippen molar-refractivity contribution in [1.82, 2.24) is 4.90 Å². The van der Waals surface area contributed by atoms with Crippen LogP contribution in [-0.2, 0) is 14.3 Å². The monoisotopic (exact) mass is 255 g/mol. The zero-order valence-electron chi connectivity index (χ0n) is 11.0. The second-order valence-corrected chi connectivity index (χ2v) is 5.64. The topological polar surface area (TPSA) is 66.8 Å². The van der Waals surface area contributed by atoms with Crippen LogP contribution in [0, 0.1) is 11.8 Å². The summed E-state index contributed by atoms with van der Waals surface area (Å²) >= 11 is 0. The highest BCUT2D eigenvalue weighted by Crippen LogP contribution is 2.39. The Morgan fingerprint density at radius 3 is 2.44 bits per heavy atom. The van der Waals surface area contributed by atoms with E-state index in [9.17, 15) is 9.59 Å². The quantitative estimate of drug-likeness (QED) is 0.817. The Morgan fingerprint density at radius 2 is 2.06 bits per heavy atom. The zero-order valence-corrected chi connectivity index (χ0v) is 11.0. The average Bonchev–Trinajstić information content (AvgIpc) is 2.65. The van der Waals surface area contributed by atoms with Gasteiger partial charge < -0.3 is 14.7 Å². The maximum atomic E-state index is 12.2. The van der Waals surface area contributed by atoms with E-state index in [0.29, 0.717) is 19.5 Å². The van der Waals surface area contributed by atoms with Crippen LogP contribution in [0.2, 0.25) is 0 Å². The Labute approximate surface area is 107 Å². The molecule has 0 unspecified atom stereocenters. The zero-order chi connectivity index (χ0) is 13.3. The molecule has 2 fully saturated rings. The van der Waals surface area contributed by atoms with E-state index in [4.69, 9.17) is 9.84 Å². The predicted octanol–water partition coefficient (Wildman–Crippen LogP) is 1.12. The lowest BCUT2D eigenvalue weighted by Gasteiger charge is -2.40. The highest BCUT2D eigenvalue weighted by atomic mass is 16.5. The fourth-order valence-electron chi connectivity index (χ4n) is 2.90. The molecule has 1 amide bonds. The number of carboxylic acids is 1. The maximum Gasteiger partial charge on any atom is 0.308 e. The van der Waals surface area contributed by atoms with Gasteiger partial charge in [-0.1, -0.05) is 6.92 Å². The number of carbonyl (C=O) groups excluding carboxylic acids is 1. The maximum absolute atomic E-state index is 12.2. The van der Waals surface area contributed by atoms with E-state index in [1.165, 1.54) is 0 Å². The van der Waals surface area contributed by atoms with Gasteiger partial charge in [0.15, 0.2) is 0 Å². The minimum absolute atomic E-state index is 0.0336. The van der Waals surface area contributed by atoms with Crippen LogP contribution in [0.5, 0.6) is 0 Å². The minimum atomic E-state index is -0.803. The fraction of sp³-hybridized carbons (Fsp3) is 0.846. The first kappa shape index (κ1) is 13.3. The molecule has 1 saturated heterocycles. The molecule has 0 aromatic rings. The summed E-state index contributed by atoms with van der Waals surface area (Å²) in [7, 11) is 1.65. The van der Waals surface area contributed by atoms with E-state index in [-0.39, 0.29) is 17.4 Å². The second-order valence-electron chi connectivity index (χ2n) is 5.64. The number of hydrogen-bond acceptors (Lipinski definition) is 3. The molecule has 1 N–H and O–H groups in total. The lowest BCUT2D eigenvalue weighted by atomic mass is 9.77. The first-order chi connectivity index (χ1) is 8.47. The van der Waals surface area contributed by atoms with Crippen LogP contribution in [0.25, 0.3) is 0 Å². The molecule has 1 aliphatic carbocycles. The third kappa shape index (κ3) is 2.36. The van der Waals surface area contributed by atoms with Crippen molar-refractivity contribution in [2.24, 2.45) is 11.8 Å². The number of methoxy groups -OCH3 is 1. The Kier molecular flexibility index (Phi) is 3.61. The van der Waals surface area contributed by atoms with Crippen molar-refractivity contribution in [2.45, 2.75) is 38.2 Å². The molecule has 0 radical (unpaired) electrons. The minimum Gasteiger partial charge on any atom is -0.481 e. The standard InChI is InChI=1S/C13H21NO4/c1-9-7-14(8-10(9)12(16)17)11(15)6-13(18-2)4-3-5-13/h9-10H,3-8H2,1-2H3,(H,16,17)/t9-,10-/m1/s1. The highest BCUT2D eigenvalue weighted by Gasteiger charge is 2.43. The molecule has 0 aromatic heterocycles. The van der Waals surface area contributed by atoms with Crippen LogP contribution in [-0.4, -0.2) is 47.7 Å². The molecule has 102 valence electrons. The van der Waals surface area contributed by atoms with Crippen LogP contribution in [0.1, 0.15) is 32.6 Å². The first-order valence-corrected chi connectivity index (χ1v) is 6.53. The van der Waals surface area contributed by atoms with E-state index in [1.807, 2.05) is 6.92 Å². The summed E-state index contributed by atoms with van der Waals surface area (Å²) in [6.45, 7) is 2.78. The number of nitrogens with zero attached hydrogens (tertiary/aromatic N) is 1. The summed E-state index contributed by atoms with van der Waals surface area (Å²) in [5.41, 5.74) is -0.276. The van der Waals surface area contributed by atoms with Crippen molar-refractivity contribution in [3.8, 4) is 0 Å². The van der Waals surface area contributed by atoms with Gasteiger partial charge in [-0.15, -0.1) is 0 Å². The van der Waals surface area contributed by atoms with Crippen molar-refractivity contribution in [3.05, 3.63) is 0 Å². The van der Waals surface area contributed by atoms with Crippen molar-refractivity contribution in [2.75, 3.05) is 20.2 Å². The van der Waals surface area contributed by atoms with Crippen LogP contribution < -0.4 is 0 Å². The fourth-order valence-corrected chi connectivity index (χ4v) is 2.90. The van der Waals surface area contributed by atoms with E-state index in [1.54, 1.807) is 12.0 Å². The molecule has 2 atom stereocenters. The molecule has 1 heterocycles. The number of hydrogen-bond donors (Lipinski definition) is 1. The molecular weight excluding hydrogens is 234 g/mol. The first-order valence-electron chi connectivity index (χ1n) is 6.53. The van der Waals surface area contributed by atoms with Gasteiger partial charge in [0.25, 0.3) is 0 Å². The van der Waals surface area contributed by atoms with Crippen LogP contribution in [0.3, 0.4) is 0 Å². The summed E-state index contributed by atoms with van der Waals surface area (Å²) < 4.78 is 5.44. The largest absolute Gasteiger partial charge is 0.481 e. The van der Waals surface area contributed by atoms with Gasteiger partial charge in [-0.3, -0.25) is 9.59 Å². The molecule has 18 heavy (non-hydrogen) atoms. The van der Waals surface area contributed by atoms with E-state index < -0.39 is 11.9 Å². The highest BCUT2D eigenvalue weighted by molar-refractivity contribution is 5.80. The molecule has 0 aromatic carbocycles. The number of ether oxygens (including phenoxy) is 1. The molecule has 0 bridgehead atoms. The number of likely N-dealkylation sites (tertiary alicyclic amines) is 1. The smallest absolute Gasteiger partial charge is 0.308 e. The van der Waals surface area contributed by atoms with Crippen LogP contribution in [0.4, 0.5) is 0 Å². The van der Waals surface area contributed by atoms with Gasteiger partial charge in [0.2, 0.25) is 5.91 Å². The number of amides is 1. The van der Waals surface area contributed by atoms with Gasteiger partial charge in [-0.2, -0.15) is 0 Å². The third-order valence-electron chi connectivity index (χ3n) is 4.45. The van der Waals surface area contributed by atoms with Crippen molar-refractivity contribution >= 4 is 11.9 Å². The molecule has 5 heteroatoms. The number of rotatable bonds is 4. The number of carboxylic acid groups (broad SMARTS) is 1. The molecule has 2 aliphatic rings. The van der Waals surface area contributed by atoms with E-state index in [0.717, 1.165) is 19.3 Å². The molecular formula is C13H21NO4. The lowest BCUT2D eigenvalue weighted by molar-refractivity contribution is -0.144. The van der Waals surface area contributed by atoms with Crippen molar-refractivity contribution in [1.29, 1.82) is 0 Å². The van der Waals surface area contributed by atoms with Gasteiger partial charge >= 0.3 is 5.97 Å². The lowest BCUT2D eigenvalue weighted by Crippen LogP contribution is -2.44. The predicted molar refractivity (Wildman–Crippen MR) is 65.1 cm³/mol. The van der Waals surface area contributed by atoms with Gasteiger partial charge in [0, 0.05) is 20.2 Å². The van der Waals surface area contributed by atoms with Crippen LogP contribution >= 0.6 is 0 Å². The van der Waals surface area contributed by atoms with E-state index in [2.05, 4.69) is 0 Å². The Morgan fingerprint density at radius 1 is 1.39 bits per heavy atom. The third-order valence-corrected chi connectivity index (χ3v) is 4.45. The number of carbonyl (C=O) groups is 2. The molecule has 1 saturated carbocycles. The summed E-state index contributed by atoms with van der Waals surface area (Å²) in [5.74, 6) is -1.16. The summed E-state index contributed by atoms with van der Waals surface area (Å²) in [5, 5.41) is 9.06. The van der Waals surface area contributed by atoms with Gasteiger partial charge in [-0.05, 0) is 25.2 Å². The normalized spacial score (nSPS) is 30.0. The Bertz CT molecular complexity index is 345. The average molecular weight is 255 g/mol. The van der Waals surface area contributed by atoms with Crippen LogP contribution in [0.15, 0.2) is 0 Å².